The van der Waals surface area contributed by atoms with E-state index in [4.69, 9.17) is 4.74 Å². The van der Waals surface area contributed by atoms with Crippen molar-refractivity contribution < 1.29 is 9.64 Å². The zero-order valence-corrected chi connectivity index (χ0v) is 13.3. The van der Waals surface area contributed by atoms with Gasteiger partial charge < -0.3 is 14.6 Å². The van der Waals surface area contributed by atoms with Crippen LogP contribution >= 0.6 is 0 Å². The average Bonchev–Trinajstić information content (AvgIpc) is 3.11. The summed E-state index contributed by atoms with van der Waals surface area (Å²) in [6, 6.07) is 7.22. The van der Waals surface area contributed by atoms with Crippen molar-refractivity contribution >= 4 is 10.9 Å². The maximum Gasteiger partial charge on any atom is 0.132 e. The Balaban J connectivity index is 1.64. The summed E-state index contributed by atoms with van der Waals surface area (Å²) >= 11 is 0. The smallest absolute Gasteiger partial charge is 0.132 e. The van der Waals surface area contributed by atoms with Crippen LogP contribution in [0, 0.1) is 11.8 Å². The third-order valence-electron chi connectivity index (χ3n) is 6.51. The predicted molar refractivity (Wildman–Crippen MR) is 87.4 cm³/mol. The summed E-state index contributed by atoms with van der Waals surface area (Å²) in [7, 11) is 1.76. The molecular weight excluding hydrogens is 272 g/mol. The molecule has 5 rings (SSSR count). The van der Waals surface area contributed by atoms with Crippen molar-refractivity contribution in [1.29, 1.82) is 0 Å². The van der Waals surface area contributed by atoms with Crippen molar-refractivity contribution in [1.82, 2.24) is 4.98 Å². The van der Waals surface area contributed by atoms with Gasteiger partial charge in [0.15, 0.2) is 0 Å². The van der Waals surface area contributed by atoms with Crippen LogP contribution in [0.4, 0.5) is 0 Å². The van der Waals surface area contributed by atoms with E-state index in [-0.39, 0.29) is 0 Å². The molecule has 3 nitrogen and oxygen atoms in total. The number of ether oxygens (including phenoxy) is 1. The van der Waals surface area contributed by atoms with E-state index in [2.05, 4.69) is 23.2 Å². The Morgan fingerprint density at radius 1 is 1.23 bits per heavy atom. The molecule has 2 N–H and O–H groups in total. The van der Waals surface area contributed by atoms with Crippen molar-refractivity contribution in [3.05, 3.63) is 29.5 Å². The fourth-order valence-electron chi connectivity index (χ4n) is 5.57. The molecule has 2 aliphatic heterocycles. The summed E-state index contributed by atoms with van der Waals surface area (Å²) in [6.45, 7) is 2.72. The Labute approximate surface area is 131 Å². The van der Waals surface area contributed by atoms with Crippen LogP contribution in [0.25, 0.3) is 10.9 Å². The van der Waals surface area contributed by atoms with Gasteiger partial charge in [-0.25, -0.2) is 0 Å². The number of hydrogen-bond donors (Lipinski definition) is 2. The molecule has 0 bridgehead atoms. The van der Waals surface area contributed by atoms with Gasteiger partial charge in [0.2, 0.25) is 0 Å². The Morgan fingerprint density at radius 2 is 2.14 bits per heavy atom. The van der Waals surface area contributed by atoms with E-state index in [9.17, 15) is 0 Å². The van der Waals surface area contributed by atoms with Crippen molar-refractivity contribution in [2.75, 3.05) is 20.2 Å². The molecule has 1 unspecified atom stereocenters. The van der Waals surface area contributed by atoms with Gasteiger partial charge in [0.05, 0.1) is 25.9 Å². The van der Waals surface area contributed by atoms with Crippen molar-refractivity contribution in [2.24, 2.45) is 11.8 Å². The maximum atomic E-state index is 5.44. The lowest BCUT2D eigenvalue weighted by Crippen LogP contribution is -3.11. The van der Waals surface area contributed by atoms with Gasteiger partial charge in [0.1, 0.15) is 11.8 Å². The Bertz CT molecular complexity index is 720. The number of nitrogens with one attached hydrogen (secondary N) is 2. The fraction of sp³-hybridized carbons (Fsp3) is 0.579. The van der Waals surface area contributed by atoms with Crippen LogP contribution in [0.5, 0.6) is 5.75 Å². The summed E-state index contributed by atoms with van der Waals surface area (Å²) in [4.78, 5) is 5.65. The molecule has 3 aliphatic rings. The van der Waals surface area contributed by atoms with Crippen LogP contribution in [0.1, 0.15) is 43.0 Å². The van der Waals surface area contributed by atoms with E-state index >= 15 is 0 Å². The third-order valence-corrected chi connectivity index (χ3v) is 6.51. The second-order valence-electron chi connectivity index (χ2n) is 7.48. The fourth-order valence-corrected chi connectivity index (χ4v) is 5.57. The van der Waals surface area contributed by atoms with E-state index < -0.39 is 0 Å². The Hall–Kier alpha value is -1.48. The SMILES string of the molecule is COc1ccc2[nH]c3c(c2c1)CC[NH+]1C[C@H]2CCCC[C@H]2[C@H]31. The predicted octanol–water partition coefficient (Wildman–Crippen LogP) is 2.48. The zero-order chi connectivity index (χ0) is 14.7. The number of quaternary nitrogens is 1. The Morgan fingerprint density at radius 3 is 3.05 bits per heavy atom. The van der Waals surface area contributed by atoms with Gasteiger partial charge in [0, 0.05) is 29.2 Å². The first-order valence-electron chi connectivity index (χ1n) is 8.88. The number of aromatic nitrogens is 1. The lowest BCUT2D eigenvalue weighted by molar-refractivity contribution is -0.924. The van der Waals surface area contributed by atoms with Gasteiger partial charge in [-0.05, 0) is 36.6 Å². The molecule has 4 atom stereocenters. The minimum Gasteiger partial charge on any atom is -0.497 e. The summed E-state index contributed by atoms with van der Waals surface area (Å²) in [5.41, 5.74) is 4.43. The first kappa shape index (κ1) is 13.0. The van der Waals surface area contributed by atoms with Crippen LogP contribution in [0.3, 0.4) is 0 Å². The molecule has 0 amide bonds. The van der Waals surface area contributed by atoms with Gasteiger partial charge in [0.25, 0.3) is 0 Å². The first-order valence-corrected chi connectivity index (χ1v) is 8.88. The number of benzene rings is 1. The largest absolute Gasteiger partial charge is 0.497 e. The second-order valence-corrected chi connectivity index (χ2v) is 7.48. The van der Waals surface area contributed by atoms with Gasteiger partial charge in [-0.2, -0.15) is 0 Å². The van der Waals surface area contributed by atoms with E-state index in [1.807, 2.05) is 4.90 Å². The van der Waals surface area contributed by atoms with Crippen LogP contribution in [-0.4, -0.2) is 25.2 Å². The van der Waals surface area contributed by atoms with Gasteiger partial charge in [-0.15, -0.1) is 0 Å². The number of methoxy groups -OCH3 is 1. The summed E-state index contributed by atoms with van der Waals surface area (Å²) in [5.74, 6) is 2.87. The molecule has 1 aromatic heterocycles. The molecule has 0 spiro atoms. The lowest BCUT2D eigenvalue weighted by atomic mass is 9.77. The number of hydrogen-bond acceptors (Lipinski definition) is 1. The molecule has 3 heterocycles. The van der Waals surface area contributed by atoms with Gasteiger partial charge >= 0.3 is 0 Å². The van der Waals surface area contributed by atoms with Crippen molar-refractivity contribution in [3.63, 3.8) is 0 Å². The second kappa shape index (κ2) is 4.76. The highest BCUT2D eigenvalue weighted by molar-refractivity contribution is 5.86. The highest BCUT2D eigenvalue weighted by Gasteiger charge is 2.50. The average molecular weight is 297 g/mol. The molecule has 116 valence electrons. The van der Waals surface area contributed by atoms with Crippen molar-refractivity contribution in [2.45, 2.75) is 38.1 Å². The molecule has 3 heteroatoms. The van der Waals surface area contributed by atoms with E-state index in [0.29, 0.717) is 0 Å². The summed E-state index contributed by atoms with van der Waals surface area (Å²) in [5, 5.41) is 1.40. The minimum absolute atomic E-state index is 0.729. The van der Waals surface area contributed by atoms with Crippen LogP contribution in [-0.2, 0) is 6.42 Å². The van der Waals surface area contributed by atoms with Crippen LogP contribution in [0.2, 0.25) is 0 Å². The number of aromatic amines is 1. The number of rotatable bonds is 1. The first-order chi connectivity index (χ1) is 10.8. The molecule has 2 fully saturated rings. The van der Waals surface area contributed by atoms with E-state index in [1.54, 1.807) is 18.4 Å². The third kappa shape index (κ3) is 1.72. The van der Waals surface area contributed by atoms with Crippen molar-refractivity contribution in [3.8, 4) is 5.75 Å². The molecule has 2 aromatic rings. The highest BCUT2D eigenvalue weighted by Crippen LogP contribution is 2.43. The summed E-state index contributed by atoms with van der Waals surface area (Å²) < 4.78 is 5.44. The maximum absolute atomic E-state index is 5.44. The molecule has 1 saturated carbocycles. The van der Waals surface area contributed by atoms with Gasteiger partial charge in [-0.1, -0.05) is 12.8 Å². The molecule has 1 aliphatic carbocycles. The summed E-state index contributed by atoms with van der Waals surface area (Å²) in [6.07, 6.45) is 7.02. The standard InChI is InChI=1S/C19H24N2O/c1-22-13-6-7-17-16(10-13)15-8-9-21-11-12-4-2-3-5-14(12)19(21)18(15)20-17/h6-7,10,12,14,19-20H,2-5,8-9,11H2,1H3/p+1/t12-,14-,19-/m1/s1. The Kier molecular flexibility index (Phi) is 2.81. The molecule has 1 saturated heterocycles. The number of fused-ring (bicyclic) bond motifs is 7. The van der Waals surface area contributed by atoms with Gasteiger partial charge in [-0.3, -0.25) is 0 Å². The normalized spacial score (nSPS) is 33.3. The van der Waals surface area contributed by atoms with E-state index in [0.717, 1.165) is 23.6 Å². The minimum atomic E-state index is 0.729. The van der Waals surface area contributed by atoms with Crippen LogP contribution < -0.4 is 9.64 Å². The molecule has 0 radical (unpaired) electrons. The highest BCUT2D eigenvalue weighted by atomic mass is 16.5. The zero-order valence-electron chi connectivity index (χ0n) is 13.3. The van der Waals surface area contributed by atoms with E-state index in [1.165, 1.54) is 56.1 Å². The topological polar surface area (TPSA) is 29.5 Å². The van der Waals surface area contributed by atoms with Crippen LogP contribution in [0.15, 0.2) is 18.2 Å². The molecule has 22 heavy (non-hydrogen) atoms. The molecule has 1 aromatic carbocycles. The number of H-pyrrole nitrogens is 1. The monoisotopic (exact) mass is 297 g/mol. The lowest BCUT2D eigenvalue weighted by Gasteiger charge is -2.30. The quantitative estimate of drug-likeness (QED) is 0.832. The molecular formula is C19H25N2O+.